The van der Waals surface area contributed by atoms with Crippen molar-refractivity contribution in [3.05, 3.63) is 27.7 Å². The molecule has 0 saturated heterocycles. The molecule has 0 aromatic heterocycles. The molecule has 0 saturated carbocycles. The summed E-state index contributed by atoms with van der Waals surface area (Å²) in [6, 6.07) is 2.80. The van der Waals surface area contributed by atoms with Crippen LogP contribution >= 0.6 is 31.9 Å². The monoisotopic (exact) mass is 308 g/mol. The van der Waals surface area contributed by atoms with Gasteiger partial charge in [-0.1, -0.05) is 31.9 Å². The standard InChI is InChI=1S/C8H6Br2O3/c9-3-4-1-7(11)5(8(12)13)2-6(4)10/h1-2,11H,3H2,(H,12,13). The second kappa shape index (κ2) is 4.11. The highest BCUT2D eigenvalue weighted by Crippen LogP contribution is 2.27. The summed E-state index contributed by atoms with van der Waals surface area (Å²) in [5, 5.41) is 18.5. The lowest BCUT2D eigenvalue weighted by atomic mass is 10.1. The molecule has 13 heavy (non-hydrogen) atoms. The fourth-order valence-electron chi connectivity index (χ4n) is 0.879. The molecule has 0 unspecified atom stereocenters. The van der Waals surface area contributed by atoms with Crippen LogP contribution in [0.15, 0.2) is 16.6 Å². The Morgan fingerprint density at radius 2 is 2.08 bits per heavy atom. The molecule has 2 N–H and O–H groups in total. The van der Waals surface area contributed by atoms with Gasteiger partial charge in [-0.25, -0.2) is 4.79 Å². The molecule has 0 aliphatic carbocycles. The lowest BCUT2D eigenvalue weighted by Crippen LogP contribution is -1.97. The number of phenols is 1. The zero-order valence-electron chi connectivity index (χ0n) is 6.42. The van der Waals surface area contributed by atoms with E-state index in [2.05, 4.69) is 31.9 Å². The number of alkyl halides is 1. The zero-order valence-corrected chi connectivity index (χ0v) is 9.59. The Balaban J connectivity index is 3.28. The fraction of sp³-hybridized carbons (Fsp3) is 0.125. The van der Waals surface area contributed by atoms with Crippen LogP contribution in [0.2, 0.25) is 0 Å². The summed E-state index contributed by atoms with van der Waals surface area (Å²) in [6.07, 6.45) is 0. The molecule has 0 aliphatic heterocycles. The van der Waals surface area contributed by atoms with Crippen molar-refractivity contribution < 1.29 is 15.0 Å². The van der Waals surface area contributed by atoms with Gasteiger partial charge in [-0.05, 0) is 17.7 Å². The Hall–Kier alpha value is -0.550. The molecule has 0 radical (unpaired) electrons. The third-order valence-electron chi connectivity index (χ3n) is 1.54. The van der Waals surface area contributed by atoms with Crippen molar-refractivity contribution in [2.24, 2.45) is 0 Å². The van der Waals surface area contributed by atoms with Gasteiger partial charge in [0.05, 0.1) is 0 Å². The molecular formula is C8H6Br2O3. The number of benzene rings is 1. The van der Waals surface area contributed by atoms with Gasteiger partial charge in [0.2, 0.25) is 0 Å². The Bertz CT molecular complexity index is 349. The second-order valence-electron chi connectivity index (χ2n) is 2.40. The molecule has 3 nitrogen and oxygen atoms in total. The van der Waals surface area contributed by atoms with Crippen LogP contribution in [-0.4, -0.2) is 16.2 Å². The molecule has 0 amide bonds. The highest BCUT2D eigenvalue weighted by Gasteiger charge is 2.12. The van der Waals surface area contributed by atoms with E-state index in [1.807, 2.05) is 0 Å². The molecule has 0 heterocycles. The Morgan fingerprint density at radius 1 is 1.46 bits per heavy atom. The van der Waals surface area contributed by atoms with E-state index in [0.29, 0.717) is 9.80 Å². The maximum atomic E-state index is 10.6. The van der Waals surface area contributed by atoms with Gasteiger partial charge in [-0.2, -0.15) is 0 Å². The second-order valence-corrected chi connectivity index (χ2v) is 3.81. The minimum Gasteiger partial charge on any atom is -0.507 e. The van der Waals surface area contributed by atoms with Gasteiger partial charge in [-0.15, -0.1) is 0 Å². The quantitative estimate of drug-likeness (QED) is 0.826. The first-order valence-electron chi connectivity index (χ1n) is 3.37. The Labute approximate surface area is 91.6 Å². The van der Waals surface area contributed by atoms with E-state index in [4.69, 9.17) is 5.11 Å². The molecule has 0 fully saturated rings. The Kier molecular flexibility index (Phi) is 3.33. The maximum absolute atomic E-state index is 10.6. The van der Waals surface area contributed by atoms with Gasteiger partial charge in [0, 0.05) is 9.80 Å². The summed E-state index contributed by atoms with van der Waals surface area (Å²) in [7, 11) is 0. The van der Waals surface area contributed by atoms with Crippen molar-refractivity contribution in [2.75, 3.05) is 0 Å². The van der Waals surface area contributed by atoms with Gasteiger partial charge < -0.3 is 10.2 Å². The summed E-state index contributed by atoms with van der Waals surface area (Å²) >= 11 is 6.42. The van der Waals surface area contributed by atoms with Crippen LogP contribution in [0, 0.1) is 0 Å². The first-order chi connectivity index (χ1) is 6.06. The molecule has 0 spiro atoms. The number of rotatable bonds is 2. The van der Waals surface area contributed by atoms with Crippen LogP contribution in [0.3, 0.4) is 0 Å². The van der Waals surface area contributed by atoms with Gasteiger partial charge in [-0.3, -0.25) is 0 Å². The molecule has 1 aromatic rings. The van der Waals surface area contributed by atoms with E-state index in [1.54, 1.807) is 0 Å². The van der Waals surface area contributed by atoms with E-state index in [-0.39, 0.29) is 11.3 Å². The summed E-state index contributed by atoms with van der Waals surface area (Å²) in [5.41, 5.74) is 0.707. The largest absolute Gasteiger partial charge is 0.507 e. The van der Waals surface area contributed by atoms with Crippen molar-refractivity contribution in [1.82, 2.24) is 0 Å². The summed E-state index contributed by atoms with van der Waals surface area (Å²) < 4.78 is 0.666. The summed E-state index contributed by atoms with van der Waals surface area (Å²) in [6.45, 7) is 0. The molecule has 1 aromatic carbocycles. The third kappa shape index (κ3) is 2.22. The van der Waals surface area contributed by atoms with Crippen molar-refractivity contribution in [3.63, 3.8) is 0 Å². The van der Waals surface area contributed by atoms with Gasteiger partial charge in [0.1, 0.15) is 11.3 Å². The van der Waals surface area contributed by atoms with Crippen molar-refractivity contribution in [2.45, 2.75) is 5.33 Å². The molecular weight excluding hydrogens is 304 g/mol. The van der Waals surface area contributed by atoms with E-state index in [9.17, 15) is 9.90 Å². The highest BCUT2D eigenvalue weighted by atomic mass is 79.9. The topological polar surface area (TPSA) is 57.5 Å². The molecule has 0 bridgehead atoms. The van der Waals surface area contributed by atoms with E-state index < -0.39 is 5.97 Å². The first-order valence-corrected chi connectivity index (χ1v) is 5.28. The number of carboxylic acids is 1. The average Bonchev–Trinajstić information content (AvgIpc) is 2.07. The van der Waals surface area contributed by atoms with Crippen LogP contribution in [0.5, 0.6) is 5.75 Å². The molecule has 0 aliphatic rings. The van der Waals surface area contributed by atoms with Crippen molar-refractivity contribution in [3.8, 4) is 5.75 Å². The normalized spacial score (nSPS) is 10.0. The Morgan fingerprint density at radius 3 is 2.54 bits per heavy atom. The van der Waals surface area contributed by atoms with E-state index in [1.165, 1.54) is 12.1 Å². The number of hydrogen-bond acceptors (Lipinski definition) is 2. The van der Waals surface area contributed by atoms with Crippen LogP contribution in [-0.2, 0) is 5.33 Å². The SMILES string of the molecule is O=C(O)c1cc(Br)c(CBr)cc1O. The number of carbonyl (C=O) groups is 1. The minimum absolute atomic E-state index is 0.100. The summed E-state index contributed by atoms with van der Waals surface area (Å²) in [5.74, 6) is -1.36. The predicted molar refractivity (Wildman–Crippen MR) is 55.4 cm³/mol. The number of hydrogen-bond donors (Lipinski definition) is 2. The molecule has 0 atom stereocenters. The number of halogens is 2. The van der Waals surface area contributed by atoms with Crippen molar-refractivity contribution in [1.29, 1.82) is 0 Å². The van der Waals surface area contributed by atoms with Gasteiger partial charge in [0.25, 0.3) is 0 Å². The average molecular weight is 310 g/mol. The molecule has 70 valence electrons. The van der Waals surface area contributed by atoms with Gasteiger partial charge in [0.15, 0.2) is 0 Å². The fourth-order valence-corrected chi connectivity index (χ4v) is 2.20. The van der Waals surface area contributed by atoms with Crippen molar-refractivity contribution >= 4 is 37.8 Å². The molecule has 1 rings (SSSR count). The van der Waals surface area contributed by atoms with E-state index in [0.717, 1.165) is 5.56 Å². The lowest BCUT2D eigenvalue weighted by Gasteiger charge is -2.04. The van der Waals surface area contributed by atoms with Crippen LogP contribution in [0.4, 0.5) is 0 Å². The maximum Gasteiger partial charge on any atom is 0.339 e. The van der Waals surface area contributed by atoms with Crippen LogP contribution in [0.1, 0.15) is 15.9 Å². The number of carboxylic acid groups (broad SMARTS) is 1. The summed E-state index contributed by atoms with van der Waals surface area (Å²) in [4.78, 5) is 10.6. The number of aromatic carboxylic acids is 1. The number of aromatic hydroxyl groups is 1. The smallest absolute Gasteiger partial charge is 0.339 e. The molecule has 5 heteroatoms. The zero-order chi connectivity index (χ0) is 10.0. The first kappa shape index (κ1) is 10.5. The highest BCUT2D eigenvalue weighted by molar-refractivity contribution is 9.10. The predicted octanol–water partition coefficient (Wildman–Crippen LogP) is 2.75. The van der Waals surface area contributed by atoms with Crippen LogP contribution in [0.25, 0.3) is 0 Å². The van der Waals surface area contributed by atoms with Crippen LogP contribution < -0.4 is 0 Å². The lowest BCUT2D eigenvalue weighted by molar-refractivity contribution is 0.0693. The third-order valence-corrected chi connectivity index (χ3v) is 2.88. The van der Waals surface area contributed by atoms with Gasteiger partial charge >= 0.3 is 5.97 Å². The minimum atomic E-state index is -1.14. The van der Waals surface area contributed by atoms with E-state index >= 15 is 0 Å².